The SMILES string of the molecule is CC(N)C1CCCN(C2CCCCC2)C1. The molecule has 2 aliphatic rings. The van der Waals surface area contributed by atoms with Gasteiger partial charge in [0, 0.05) is 18.6 Å². The number of piperidine rings is 1. The highest BCUT2D eigenvalue weighted by Crippen LogP contribution is 2.27. The summed E-state index contributed by atoms with van der Waals surface area (Å²) in [5, 5.41) is 0. The summed E-state index contributed by atoms with van der Waals surface area (Å²) in [6.45, 7) is 4.77. The average Bonchev–Trinajstić information content (AvgIpc) is 2.30. The number of nitrogens with zero attached hydrogens (tertiary/aromatic N) is 1. The van der Waals surface area contributed by atoms with E-state index in [1.54, 1.807) is 0 Å². The van der Waals surface area contributed by atoms with Gasteiger partial charge in [-0.05, 0) is 45.1 Å². The molecule has 88 valence electrons. The molecule has 0 aromatic carbocycles. The molecule has 0 aromatic rings. The Hall–Kier alpha value is -0.0800. The maximum absolute atomic E-state index is 6.03. The van der Waals surface area contributed by atoms with E-state index >= 15 is 0 Å². The maximum atomic E-state index is 6.03. The van der Waals surface area contributed by atoms with Crippen LogP contribution in [0.25, 0.3) is 0 Å². The number of rotatable bonds is 2. The Morgan fingerprint density at radius 1 is 1.07 bits per heavy atom. The predicted molar refractivity (Wildman–Crippen MR) is 64.8 cm³/mol. The van der Waals surface area contributed by atoms with Crippen LogP contribution in [0.15, 0.2) is 0 Å². The van der Waals surface area contributed by atoms with Gasteiger partial charge in [0.25, 0.3) is 0 Å². The Balaban J connectivity index is 1.85. The fourth-order valence-electron chi connectivity index (χ4n) is 3.25. The van der Waals surface area contributed by atoms with Gasteiger partial charge in [0.1, 0.15) is 0 Å². The van der Waals surface area contributed by atoms with E-state index in [-0.39, 0.29) is 0 Å². The molecule has 2 atom stereocenters. The van der Waals surface area contributed by atoms with Gasteiger partial charge >= 0.3 is 0 Å². The van der Waals surface area contributed by atoms with Crippen molar-refractivity contribution in [1.82, 2.24) is 4.90 Å². The molecule has 0 spiro atoms. The van der Waals surface area contributed by atoms with Crippen molar-refractivity contribution in [3.8, 4) is 0 Å². The van der Waals surface area contributed by atoms with Crippen LogP contribution in [0.3, 0.4) is 0 Å². The zero-order valence-electron chi connectivity index (χ0n) is 10.1. The van der Waals surface area contributed by atoms with E-state index in [2.05, 4.69) is 11.8 Å². The molecule has 1 aliphatic carbocycles. The minimum atomic E-state index is 0.386. The summed E-state index contributed by atoms with van der Waals surface area (Å²) < 4.78 is 0. The quantitative estimate of drug-likeness (QED) is 0.758. The monoisotopic (exact) mass is 210 g/mol. The van der Waals surface area contributed by atoms with E-state index in [4.69, 9.17) is 5.73 Å². The number of hydrogen-bond donors (Lipinski definition) is 1. The number of likely N-dealkylation sites (tertiary alicyclic amines) is 1. The molecular weight excluding hydrogens is 184 g/mol. The summed E-state index contributed by atoms with van der Waals surface area (Å²) in [4.78, 5) is 2.73. The second-order valence-corrected chi connectivity index (χ2v) is 5.55. The van der Waals surface area contributed by atoms with Crippen LogP contribution in [-0.4, -0.2) is 30.1 Å². The number of hydrogen-bond acceptors (Lipinski definition) is 2. The van der Waals surface area contributed by atoms with Crippen molar-refractivity contribution in [3.63, 3.8) is 0 Å². The molecule has 0 bridgehead atoms. The Morgan fingerprint density at radius 3 is 2.47 bits per heavy atom. The molecule has 2 nitrogen and oxygen atoms in total. The minimum Gasteiger partial charge on any atom is -0.328 e. The fraction of sp³-hybridized carbons (Fsp3) is 1.00. The summed E-state index contributed by atoms with van der Waals surface area (Å²) in [5.41, 5.74) is 6.03. The first-order valence-electron chi connectivity index (χ1n) is 6.77. The third-order valence-corrected chi connectivity index (χ3v) is 4.32. The summed E-state index contributed by atoms with van der Waals surface area (Å²) in [7, 11) is 0. The van der Waals surface area contributed by atoms with E-state index in [0.29, 0.717) is 6.04 Å². The van der Waals surface area contributed by atoms with Crippen LogP contribution < -0.4 is 5.73 Å². The van der Waals surface area contributed by atoms with Crippen LogP contribution in [0.4, 0.5) is 0 Å². The summed E-state index contributed by atoms with van der Waals surface area (Å²) in [6.07, 6.45) is 9.94. The van der Waals surface area contributed by atoms with Crippen molar-refractivity contribution >= 4 is 0 Å². The van der Waals surface area contributed by atoms with Crippen molar-refractivity contribution in [2.45, 2.75) is 64.0 Å². The van der Waals surface area contributed by atoms with Crippen LogP contribution in [0.5, 0.6) is 0 Å². The van der Waals surface area contributed by atoms with Crippen LogP contribution in [0, 0.1) is 5.92 Å². The molecule has 0 amide bonds. The van der Waals surface area contributed by atoms with Crippen molar-refractivity contribution < 1.29 is 0 Å². The number of nitrogens with two attached hydrogens (primary N) is 1. The fourth-order valence-corrected chi connectivity index (χ4v) is 3.25. The van der Waals surface area contributed by atoms with Gasteiger partial charge in [0.15, 0.2) is 0 Å². The largest absolute Gasteiger partial charge is 0.328 e. The van der Waals surface area contributed by atoms with Gasteiger partial charge in [0.05, 0.1) is 0 Å². The molecule has 2 heteroatoms. The first-order chi connectivity index (χ1) is 7.27. The van der Waals surface area contributed by atoms with E-state index in [9.17, 15) is 0 Å². The van der Waals surface area contributed by atoms with Crippen LogP contribution in [-0.2, 0) is 0 Å². The lowest BCUT2D eigenvalue weighted by Gasteiger charge is -2.41. The van der Waals surface area contributed by atoms with Gasteiger partial charge in [-0.25, -0.2) is 0 Å². The molecule has 1 aliphatic heterocycles. The molecule has 2 N–H and O–H groups in total. The highest BCUT2D eigenvalue weighted by atomic mass is 15.2. The Labute approximate surface area is 94.2 Å². The van der Waals surface area contributed by atoms with Crippen LogP contribution in [0.2, 0.25) is 0 Å². The molecule has 15 heavy (non-hydrogen) atoms. The standard InChI is InChI=1S/C13H26N2/c1-11(14)12-6-5-9-15(10-12)13-7-3-2-4-8-13/h11-13H,2-10,14H2,1H3. The smallest absolute Gasteiger partial charge is 0.00953 e. The molecule has 1 heterocycles. The zero-order chi connectivity index (χ0) is 10.7. The first kappa shape index (κ1) is 11.4. The van der Waals surface area contributed by atoms with Crippen LogP contribution >= 0.6 is 0 Å². The highest BCUT2D eigenvalue weighted by Gasteiger charge is 2.28. The lowest BCUT2D eigenvalue weighted by molar-refractivity contribution is 0.0914. The van der Waals surface area contributed by atoms with E-state index in [1.165, 1.54) is 58.0 Å². The van der Waals surface area contributed by atoms with Gasteiger partial charge in [0.2, 0.25) is 0 Å². The molecule has 1 saturated carbocycles. The third kappa shape index (κ3) is 2.94. The van der Waals surface area contributed by atoms with Gasteiger partial charge in [-0.15, -0.1) is 0 Å². The van der Waals surface area contributed by atoms with Crippen molar-refractivity contribution in [2.75, 3.05) is 13.1 Å². The minimum absolute atomic E-state index is 0.386. The second-order valence-electron chi connectivity index (χ2n) is 5.55. The Morgan fingerprint density at radius 2 is 1.80 bits per heavy atom. The summed E-state index contributed by atoms with van der Waals surface area (Å²) in [5.74, 6) is 0.751. The molecule has 2 fully saturated rings. The van der Waals surface area contributed by atoms with Crippen molar-refractivity contribution in [1.29, 1.82) is 0 Å². The topological polar surface area (TPSA) is 29.3 Å². The molecular formula is C13H26N2. The second kappa shape index (κ2) is 5.31. The molecule has 0 aromatic heterocycles. The normalized spacial score (nSPS) is 32.8. The molecule has 1 saturated heterocycles. The van der Waals surface area contributed by atoms with Crippen LogP contribution in [0.1, 0.15) is 51.9 Å². The van der Waals surface area contributed by atoms with Gasteiger partial charge in [-0.2, -0.15) is 0 Å². The van der Waals surface area contributed by atoms with E-state index in [0.717, 1.165) is 12.0 Å². The van der Waals surface area contributed by atoms with Gasteiger partial charge in [-0.3, -0.25) is 0 Å². The molecule has 0 radical (unpaired) electrons. The van der Waals surface area contributed by atoms with E-state index < -0.39 is 0 Å². The van der Waals surface area contributed by atoms with Gasteiger partial charge in [-0.1, -0.05) is 19.3 Å². The maximum Gasteiger partial charge on any atom is 0.00953 e. The molecule has 2 unspecified atom stereocenters. The lowest BCUT2D eigenvalue weighted by Crippen LogP contribution is -2.47. The first-order valence-corrected chi connectivity index (χ1v) is 6.77. The Bertz CT molecular complexity index is 185. The highest BCUT2D eigenvalue weighted by molar-refractivity contribution is 4.83. The predicted octanol–water partition coefficient (Wildman–Crippen LogP) is 2.38. The van der Waals surface area contributed by atoms with Crippen molar-refractivity contribution in [2.24, 2.45) is 11.7 Å². The average molecular weight is 210 g/mol. The van der Waals surface area contributed by atoms with Gasteiger partial charge < -0.3 is 10.6 Å². The summed E-state index contributed by atoms with van der Waals surface area (Å²) >= 11 is 0. The van der Waals surface area contributed by atoms with E-state index in [1.807, 2.05) is 0 Å². The van der Waals surface area contributed by atoms with Crippen molar-refractivity contribution in [3.05, 3.63) is 0 Å². The zero-order valence-corrected chi connectivity index (χ0v) is 10.1. The lowest BCUT2D eigenvalue weighted by atomic mass is 9.88. The molecule has 2 rings (SSSR count). The Kier molecular flexibility index (Phi) is 4.04. The summed E-state index contributed by atoms with van der Waals surface area (Å²) in [6, 6.07) is 1.27. The third-order valence-electron chi connectivity index (χ3n) is 4.32.